The molecule has 0 heterocycles. The molecule has 0 atom stereocenters. The van der Waals surface area contributed by atoms with Gasteiger partial charge < -0.3 is 14.8 Å². The zero-order valence-electron chi connectivity index (χ0n) is 19.5. The summed E-state index contributed by atoms with van der Waals surface area (Å²) in [5, 5.41) is 2.81. The fourth-order valence-corrected chi connectivity index (χ4v) is 2.90. The van der Waals surface area contributed by atoms with Crippen molar-refractivity contribution in [3.63, 3.8) is 0 Å². The van der Waals surface area contributed by atoms with E-state index in [0.29, 0.717) is 11.3 Å². The number of amides is 1. The molecule has 6 nitrogen and oxygen atoms in total. The molecule has 0 aliphatic heterocycles. The molecule has 0 fully saturated rings. The van der Waals surface area contributed by atoms with Crippen molar-refractivity contribution in [2.45, 2.75) is 59.5 Å². The van der Waals surface area contributed by atoms with Gasteiger partial charge in [0, 0.05) is 5.69 Å². The second-order valence-electron chi connectivity index (χ2n) is 9.49. The normalized spacial score (nSPS) is 11.6. The van der Waals surface area contributed by atoms with Crippen molar-refractivity contribution in [3.8, 4) is 0 Å². The van der Waals surface area contributed by atoms with E-state index in [1.54, 1.807) is 51.1 Å². The fourth-order valence-electron chi connectivity index (χ4n) is 2.90. The Morgan fingerprint density at radius 1 is 0.839 bits per heavy atom. The molecular weight excluding hydrogens is 394 g/mol. The predicted molar refractivity (Wildman–Crippen MR) is 121 cm³/mol. The van der Waals surface area contributed by atoms with E-state index in [2.05, 4.69) is 5.32 Å². The first kappa shape index (κ1) is 24.1. The molecule has 1 N–H and O–H groups in total. The van der Waals surface area contributed by atoms with Crippen LogP contribution in [0.1, 0.15) is 83.7 Å². The van der Waals surface area contributed by atoms with Crippen LogP contribution in [-0.2, 0) is 14.9 Å². The quantitative estimate of drug-likeness (QED) is 0.674. The van der Waals surface area contributed by atoms with E-state index in [-0.39, 0.29) is 16.5 Å². The number of hydrogen-bond acceptors (Lipinski definition) is 5. The SMILES string of the molecule is COC(=O)c1ccc(C)c(NC(=O)c2ccc(C(C)(C)C)cc2C(=O)OC(C)(C)C)c1. The van der Waals surface area contributed by atoms with Crippen molar-refractivity contribution >= 4 is 23.5 Å². The van der Waals surface area contributed by atoms with E-state index in [9.17, 15) is 14.4 Å². The molecule has 0 aliphatic carbocycles. The lowest BCUT2D eigenvalue weighted by Gasteiger charge is -2.23. The lowest BCUT2D eigenvalue weighted by atomic mass is 9.85. The molecule has 0 saturated carbocycles. The number of hydrogen-bond donors (Lipinski definition) is 1. The monoisotopic (exact) mass is 425 g/mol. The average Bonchev–Trinajstić information content (AvgIpc) is 2.66. The molecule has 2 aromatic carbocycles. The molecule has 2 rings (SSSR count). The van der Waals surface area contributed by atoms with Crippen LogP contribution < -0.4 is 5.32 Å². The molecule has 1 amide bonds. The third-order valence-electron chi connectivity index (χ3n) is 4.66. The van der Waals surface area contributed by atoms with Crippen LogP contribution in [-0.4, -0.2) is 30.6 Å². The van der Waals surface area contributed by atoms with Crippen molar-refractivity contribution < 1.29 is 23.9 Å². The number of aryl methyl sites for hydroxylation is 1. The van der Waals surface area contributed by atoms with E-state index in [4.69, 9.17) is 9.47 Å². The highest BCUT2D eigenvalue weighted by atomic mass is 16.6. The summed E-state index contributed by atoms with van der Waals surface area (Å²) in [7, 11) is 1.30. The number of anilines is 1. The minimum absolute atomic E-state index is 0.196. The van der Waals surface area contributed by atoms with Crippen molar-refractivity contribution in [1.82, 2.24) is 0 Å². The Kier molecular flexibility index (Phi) is 6.94. The Morgan fingerprint density at radius 3 is 2.03 bits per heavy atom. The van der Waals surface area contributed by atoms with Gasteiger partial charge in [-0.15, -0.1) is 0 Å². The zero-order valence-corrected chi connectivity index (χ0v) is 19.5. The lowest BCUT2D eigenvalue weighted by Crippen LogP contribution is -2.27. The minimum Gasteiger partial charge on any atom is -0.465 e. The summed E-state index contributed by atoms with van der Waals surface area (Å²) in [6.45, 7) is 13.2. The number of esters is 2. The van der Waals surface area contributed by atoms with Gasteiger partial charge in [-0.1, -0.05) is 32.9 Å². The summed E-state index contributed by atoms with van der Waals surface area (Å²) < 4.78 is 10.3. The topological polar surface area (TPSA) is 81.7 Å². The van der Waals surface area contributed by atoms with E-state index in [1.165, 1.54) is 7.11 Å². The van der Waals surface area contributed by atoms with E-state index in [0.717, 1.165) is 11.1 Å². The van der Waals surface area contributed by atoms with Crippen molar-refractivity contribution in [3.05, 3.63) is 64.2 Å². The van der Waals surface area contributed by atoms with Crippen LogP contribution in [0.5, 0.6) is 0 Å². The second-order valence-corrected chi connectivity index (χ2v) is 9.49. The van der Waals surface area contributed by atoms with E-state index in [1.807, 2.05) is 33.8 Å². The standard InChI is InChI=1S/C25H31NO5/c1-15-9-10-16(22(28)30-8)13-20(15)26-21(27)18-12-11-17(24(2,3)4)14-19(18)23(29)31-25(5,6)7/h9-14H,1-8H3,(H,26,27). The highest BCUT2D eigenvalue weighted by Crippen LogP contribution is 2.27. The van der Waals surface area contributed by atoms with Crippen LogP contribution in [0.3, 0.4) is 0 Å². The predicted octanol–water partition coefficient (Wildman–Crippen LogP) is 5.29. The Bertz CT molecular complexity index is 1010. The summed E-state index contributed by atoms with van der Waals surface area (Å²) in [5.41, 5.74) is 1.94. The third-order valence-corrected chi connectivity index (χ3v) is 4.66. The minimum atomic E-state index is -0.700. The van der Waals surface area contributed by atoms with Gasteiger partial charge >= 0.3 is 11.9 Å². The lowest BCUT2D eigenvalue weighted by molar-refractivity contribution is 0.00675. The molecule has 0 aliphatic rings. The van der Waals surface area contributed by atoms with Gasteiger partial charge in [0.05, 0.1) is 23.8 Å². The van der Waals surface area contributed by atoms with Gasteiger partial charge in [-0.05, 0) is 68.5 Å². The van der Waals surface area contributed by atoms with Crippen LogP contribution >= 0.6 is 0 Å². The van der Waals surface area contributed by atoms with Gasteiger partial charge in [-0.2, -0.15) is 0 Å². The van der Waals surface area contributed by atoms with E-state index < -0.39 is 23.4 Å². The molecule has 0 aromatic heterocycles. The summed E-state index contributed by atoms with van der Waals surface area (Å²) in [4.78, 5) is 37.9. The molecule has 0 spiro atoms. The third kappa shape index (κ3) is 6.17. The Morgan fingerprint density at radius 2 is 1.48 bits per heavy atom. The van der Waals surface area contributed by atoms with Crippen molar-refractivity contribution in [2.75, 3.05) is 12.4 Å². The number of nitrogens with one attached hydrogen (secondary N) is 1. The number of carbonyl (C=O) groups is 3. The van der Waals surface area contributed by atoms with Crippen LogP contribution in [0.4, 0.5) is 5.69 Å². The highest BCUT2D eigenvalue weighted by Gasteiger charge is 2.26. The van der Waals surface area contributed by atoms with Crippen molar-refractivity contribution in [1.29, 1.82) is 0 Å². The molecule has 6 heteroatoms. The summed E-state index contributed by atoms with van der Waals surface area (Å²) in [6.07, 6.45) is 0. The van der Waals surface area contributed by atoms with Gasteiger partial charge in [-0.25, -0.2) is 9.59 Å². The molecule has 31 heavy (non-hydrogen) atoms. The molecule has 2 aromatic rings. The number of benzene rings is 2. The number of carbonyl (C=O) groups excluding carboxylic acids is 3. The van der Waals surface area contributed by atoms with Gasteiger partial charge in [0.1, 0.15) is 5.60 Å². The molecular formula is C25H31NO5. The Balaban J connectivity index is 2.48. The van der Waals surface area contributed by atoms with Crippen LogP contribution in [0.2, 0.25) is 0 Å². The van der Waals surface area contributed by atoms with Gasteiger partial charge in [-0.3, -0.25) is 4.79 Å². The van der Waals surface area contributed by atoms with Gasteiger partial charge in [0.2, 0.25) is 0 Å². The molecule has 0 saturated heterocycles. The zero-order chi connectivity index (χ0) is 23.6. The smallest absolute Gasteiger partial charge is 0.339 e. The Labute approximate surface area is 183 Å². The van der Waals surface area contributed by atoms with Crippen LogP contribution in [0.25, 0.3) is 0 Å². The van der Waals surface area contributed by atoms with Crippen molar-refractivity contribution in [2.24, 2.45) is 0 Å². The first-order valence-corrected chi connectivity index (χ1v) is 10.1. The maximum atomic E-state index is 13.1. The maximum Gasteiger partial charge on any atom is 0.339 e. The summed E-state index contributed by atoms with van der Waals surface area (Å²) in [6, 6.07) is 10.1. The first-order chi connectivity index (χ1) is 14.2. The second kappa shape index (κ2) is 8.92. The highest BCUT2D eigenvalue weighted by molar-refractivity contribution is 6.11. The average molecular weight is 426 g/mol. The molecule has 0 unspecified atom stereocenters. The summed E-state index contributed by atoms with van der Waals surface area (Å²) >= 11 is 0. The first-order valence-electron chi connectivity index (χ1n) is 10.1. The molecule has 166 valence electrons. The van der Waals surface area contributed by atoms with Gasteiger partial charge in [0.15, 0.2) is 0 Å². The van der Waals surface area contributed by atoms with Crippen LogP contribution in [0, 0.1) is 6.92 Å². The number of methoxy groups -OCH3 is 1. The number of ether oxygens (including phenoxy) is 2. The number of rotatable bonds is 4. The summed E-state index contributed by atoms with van der Waals surface area (Å²) in [5.74, 6) is -1.53. The molecule has 0 radical (unpaired) electrons. The van der Waals surface area contributed by atoms with Gasteiger partial charge in [0.25, 0.3) is 5.91 Å². The Hall–Kier alpha value is -3.15. The van der Waals surface area contributed by atoms with Crippen LogP contribution in [0.15, 0.2) is 36.4 Å². The fraction of sp³-hybridized carbons (Fsp3) is 0.400. The largest absolute Gasteiger partial charge is 0.465 e. The van der Waals surface area contributed by atoms with E-state index >= 15 is 0 Å². The molecule has 0 bridgehead atoms. The maximum absolute atomic E-state index is 13.1.